The summed E-state index contributed by atoms with van der Waals surface area (Å²) < 4.78 is 7.65. The number of urea groups is 1. The highest BCUT2D eigenvalue weighted by Gasteiger charge is 2.58. The van der Waals surface area contributed by atoms with E-state index >= 15 is 0 Å². The number of nitrogens with one attached hydrogen (secondary N) is 2. The minimum Gasteiger partial charge on any atom is -0.378 e. The summed E-state index contributed by atoms with van der Waals surface area (Å²) in [6.45, 7) is 9.85. The third kappa shape index (κ3) is 3.11. The Hall–Kier alpha value is -1.56. The van der Waals surface area contributed by atoms with E-state index in [0.29, 0.717) is 6.54 Å². The van der Waals surface area contributed by atoms with Gasteiger partial charge in [0.25, 0.3) is 0 Å². The number of amides is 2. The number of aromatic nitrogens is 2. The maximum atomic E-state index is 12.0. The summed E-state index contributed by atoms with van der Waals surface area (Å²) in [5.41, 5.74) is -0.225. The molecule has 0 spiro atoms. The molecule has 0 aromatic carbocycles. The molecule has 1 aliphatic rings. The van der Waals surface area contributed by atoms with Gasteiger partial charge in [0.15, 0.2) is 0 Å². The van der Waals surface area contributed by atoms with E-state index in [1.165, 1.54) is 0 Å². The van der Waals surface area contributed by atoms with E-state index in [2.05, 4.69) is 41.0 Å². The molecule has 1 aromatic heterocycles. The Labute approximate surface area is 132 Å². The zero-order chi connectivity index (χ0) is 16.4. The third-order valence-corrected chi connectivity index (χ3v) is 5.37. The minimum atomic E-state index is -0.163. The van der Waals surface area contributed by atoms with Gasteiger partial charge in [-0.3, -0.25) is 0 Å². The first kappa shape index (κ1) is 16.8. The minimum absolute atomic E-state index is 0.0625. The van der Waals surface area contributed by atoms with E-state index in [-0.39, 0.29) is 23.1 Å². The number of hydrogen-bond donors (Lipinski definition) is 2. The van der Waals surface area contributed by atoms with Crippen LogP contribution in [0.1, 0.15) is 39.4 Å². The summed E-state index contributed by atoms with van der Waals surface area (Å²) in [5, 5.41) is 5.97. The van der Waals surface area contributed by atoms with Crippen molar-refractivity contribution in [1.29, 1.82) is 0 Å². The first-order chi connectivity index (χ1) is 10.3. The maximum absolute atomic E-state index is 12.0. The van der Waals surface area contributed by atoms with E-state index < -0.39 is 0 Å². The molecule has 0 aliphatic heterocycles. The van der Waals surface area contributed by atoms with Crippen LogP contribution in [0.4, 0.5) is 4.79 Å². The molecule has 2 rings (SSSR count). The average molecular weight is 308 g/mol. The average Bonchev–Trinajstić information content (AvgIpc) is 2.88. The predicted molar refractivity (Wildman–Crippen MR) is 85.7 cm³/mol. The molecule has 1 fully saturated rings. The number of hydrogen-bond acceptors (Lipinski definition) is 3. The largest absolute Gasteiger partial charge is 0.378 e. The Morgan fingerprint density at radius 1 is 1.50 bits per heavy atom. The van der Waals surface area contributed by atoms with E-state index in [4.69, 9.17) is 4.74 Å². The molecule has 0 radical (unpaired) electrons. The molecule has 0 bridgehead atoms. The number of carbonyl (C=O) groups is 1. The number of ether oxygens (including phenoxy) is 1. The molecule has 6 nitrogen and oxygen atoms in total. The molecule has 1 saturated carbocycles. The van der Waals surface area contributed by atoms with E-state index in [1.54, 1.807) is 13.3 Å². The summed E-state index contributed by atoms with van der Waals surface area (Å²) in [6.07, 6.45) is 5.48. The SMILES string of the molecule is COC1(C)CC(NC(=O)NCCCn2ccnc2C)C1(C)C. The second-order valence-electron chi connectivity index (χ2n) is 6.84. The molecule has 22 heavy (non-hydrogen) atoms. The zero-order valence-electron chi connectivity index (χ0n) is 14.3. The molecule has 1 aromatic rings. The lowest BCUT2D eigenvalue weighted by Gasteiger charge is -2.59. The van der Waals surface area contributed by atoms with Gasteiger partial charge >= 0.3 is 6.03 Å². The maximum Gasteiger partial charge on any atom is 0.315 e. The van der Waals surface area contributed by atoms with Gasteiger partial charge in [0.1, 0.15) is 5.82 Å². The van der Waals surface area contributed by atoms with E-state index in [9.17, 15) is 4.79 Å². The van der Waals surface area contributed by atoms with Gasteiger partial charge in [-0.15, -0.1) is 0 Å². The molecule has 2 unspecified atom stereocenters. The fourth-order valence-electron chi connectivity index (χ4n) is 3.02. The van der Waals surface area contributed by atoms with Crippen molar-refractivity contribution in [2.75, 3.05) is 13.7 Å². The molecule has 2 amide bonds. The van der Waals surface area contributed by atoms with Crippen molar-refractivity contribution in [2.45, 2.75) is 58.7 Å². The molecule has 0 saturated heterocycles. The van der Waals surface area contributed by atoms with Crippen molar-refractivity contribution in [1.82, 2.24) is 20.2 Å². The van der Waals surface area contributed by atoms with Crippen LogP contribution in [0.15, 0.2) is 12.4 Å². The normalized spacial score (nSPS) is 26.3. The van der Waals surface area contributed by atoms with Crippen LogP contribution in [0.2, 0.25) is 0 Å². The van der Waals surface area contributed by atoms with Crippen molar-refractivity contribution in [3.05, 3.63) is 18.2 Å². The Morgan fingerprint density at radius 2 is 2.23 bits per heavy atom. The Balaban J connectivity index is 1.68. The van der Waals surface area contributed by atoms with Gasteiger partial charge in [0, 0.05) is 44.0 Å². The zero-order valence-corrected chi connectivity index (χ0v) is 14.3. The number of methoxy groups -OCH3 is 1. The van der Waals surface area contributed by atoms with Gasteiger partial charge in [0.05, 0.1) is 5.60 Å². The molecular weight excluding hydrogens is 280 g/mol. The summed E-state index contributed by atoms with van der Waals surface area (Å²) in [4.78, 5) is 16.2. The lowest BCUT2D eigenvalue weighted by molar-refractivity contribution is -0.177. The Morgan fingerprint density at radius 3 is 2.77 bits per heavy atom. The van der Waals surface area contributed by atoms with Crippen molar-refractivity contribution in [3.8, 4) is 0 Å². The van der Waals surface area contributed by atoms with Gasteiger partial charge < -0.3 is 19.9 Å². The van der Waals surface area contributed by atoms with E-state index in [0.717, 1.165) is 25.2 Å². The molecule has 124 valence electrons. The Bertz CT molecular complexity index is 526. The summed E-state index contributed by atoms with van der Waals surface area (Å²) in [7, 11) is 1.73. The van der Waals surface area contributed by atoms with Crippen LogP contribution in [0.5, 0.6) is 0 Å². The molecule has 2 atom stereocenters. The highest BCUT2D eigenvalue weighted by molar-refractivity contribution is 5.74. The molecular formula is C16H28N4O2. The van der Waals surface area contributed by atoms with Crippen molar-refractivity contribution in [3.63, 3.8) is 0 Å². The monoisotopic (exact) mass is 308 g/mol. The molecule has 6 heteroatoms. The smallest absolute Gasteiger partial charge is 0.315 e. The second kappa shape index (κ2) is 6.28. The van der Waals surface area contributed by atoms with Gasteiger partial charge in [-0.2, -0.15) is 0 Å². The fourth-order valence-corrected chi connectivity index (χ4v) is 3.02. The van der Waals surface area contributed by atoms with Gasteiger partial charge in [-0.05, 0) is 26.7 Å². The quantitative estimate of drug-likeness (QED) is 0.791. The van der Waals surface area contributed by atoms with Crippen LogP contribution in [0.25, 0.3) is 0 Å². The van der Waals surface area contributed by atoms with Crippen LogP contribution < -0.4 is 10.6 Å². The molecule has 1 heterocycles. The van der Waals surface area contributed by atoms with Gasteiger partial charge in [-0.25, -0.2) is 9.78 Å². The van der Waals surface area contributed by atoms with Crippen molar-refractivity contribution in [2.24, 2.45) is 5.41 Å². The standard InChI is InChI=1S/C16H28N4O2/c1-12-17-8-10-20(12)9-6-7-18-14(21)19-13-11-16(4,22-5)15(13,2)3/h8,10,13H,6-7,9,11H2,1-5H3,(H2,18,19,21). The number of carbonyl (C=O) groups excluding carboxylic acids is 1. The van der Waals surface area contributed by atoms with Gasteiger partial charge in [0.2, 0.25) is 0 Å². The van der Waals surface area contributed by atoms with Crippen LogP contribution in [0.3, 0.4) is 0 Å². The lowest BCUT2D eigenvalue weighted by atomic mass is 9.56. The van der Waals surface area contributed by atoms with Gasteiger partial charge in [-0.1, -0.05) is 13.8 Å². The third-order valence-electron chi connectivity index (χ3n) is 5.37. The van der Waals surface area contributed by atoms with Crippen LogP contribution in [0, 0.1) is 12.3 Å². The van der Waals surface area contributed by atoms with Crippen molar-refractivity contribution >= 4 is 6.03 Å². The number of nitrogens with zero attached hydrogens (tertiary/aromatic N) is 2. The number of imidazole rings is 1. The van der Waals surface area contributed by atoms with E-state index in [1.807, 2.05) is 13.1 Å². The first-order valence-corrected chi connectivity index (χ1v) is 7.87. The van der Waals surface area contributed by atoms with Crippen LogP contribution in [-0.4, -0.2) is 40.9 Å². The topological polar surface area (TPSA) is 68.2 Å². The van der Waals surface area contributed by atoms with Crippen LogP contribution in [-0.2, 0) is 11.3 Å². The van der Waals surface area contributed by atoms with Crippen molar-refractivity contribution < 1.29 is 9.53 Å². The lowest BCUT2D eigenvalue weighted by Crippen LogP contribution is -2.69. The fraction of sp³-hybridized carbons (Fsp3) is 0.750. The summed E-state index contributed by atoms with van der Waals surface area (Å²) >= 11 is 0. The summed E-state index contributed by atoms with van der Waals surface area (Å²) in [5.74, 6) is 1.000. The molecule has 2 N–H and O–H groups in total. The number of rotatable bonds is 6. The molecule has 1 aliphatic carbocycles. The highest BCUT2D eigenvalue weighted by Crippen LogP contribution is 2.51. The highest BCUT2D eigenvalue weighted by atomic mass is 16.5. The first-order valence-electron chi connectivity index (χ1n) is 7.87. The second-order valence-corrected chi connectivity index (χ2v) is 6.84. The van der Waals surface area contributed by atoms with Crippen LogP contribution >= 0.6 is 0 Å². The predicted octanol–water partition coefficient (Wildman–Crippen LogP) is 2.08. The summed E-state index contributed by atoms with van der Waals surface area (Å²) in [6, 6.07) is 0.0481. The number of aryl methyl sites for hydroxylation is 2. The Kier molecular flexibility index (Phi) is 4.80.